The second-order valence-corrected chi connectivity index (χ2v) is 5.50. The van der Waals surface area contributed by atoms with Gasteiger partial charge in [0.25, 0.3) is 0 Å². The van der Waals surface area contributed by atoms with Crippen LogP contribution in [0.4, 0.5) is 5.69 Å². The molecule has 1 aromatic carbocycles. The van der Waals surface area contributed by atoms with Crippen molar-refractivity contribution in [3.05, 3.63) is 28.8 Å². The standard InChI is InChI=1S/C15H19ClN2/c1-2-11-4-3-5-13(8-11)18-14-7-6-12(10-17)15(16)9-14/h6-7,9,11,13,18H,2-5,8H2,1H3. The van der Waals surface area contributed by atoms with Crippen LogP contribution in [-0.2, 0) is 0 Å². The molecule has 1 aliphatic rings. The molecular formula is C15H19ClN2. The number of hydrogen-bond donors (Lipinski definition) is 1. The Kier molecular flexibility index (Phi) is 4.49. The first kappa shape index (κ1) is 13.2. The van der Waals surface area contributed by atoms with Crippen LogP contribution in [0.1, 0.15) is 44.6 Å². The topological polar surface area (TPSA) is 35.8 Å². The highest BCUT2D eigenvalue weighted by Gasteiger charge is 2.20. The minimum Gasteiger partial charge on any atom is -0.382 e. The Balaban J connectivity index is 2.01. The van der Waals surface area contributed by atoms with Crippen molar-refractivity contribution >= 4 is 17.3 Å². The van der Waals surface area contributed by atoms with Gasteiger partial charge in [0.05, 0.1) is 10.6 Å². The number of nitriles is 1. The van der Waals surface area contributed by atoms with E-state index in [-0.39, 0.29) is 0 Å². The Bertz CT molecular complexity index is 450. The second kappa shape index (κ2) is 6.11. The molecule has 2 atom stereocenters. The Labute approximate surface area is 114 Å². The van der Waals surface area contributed by atoms with Gasteiger partial charge in [-0.05, 0) is 37.0 Å². The minimum atomic E-state index is 0.533. The molecule has 1 fully saturated rings. The van der Waals surface area contributed by atoms with Crippen LogP contribution >= 0.6 is 11.6 Å². The van der Waals surface area contributed by atoms with Gasteiger partial charge in [0.2, 0.25) is 0 Å². The maximum atomic E-state index is 8.84. The zero-order valence-corrected chi connectivity index (χ0v) is 11.5. The zero-order valence-electron chi connectivity index (χ0n) is 10.7. The van der Waals surface area contributed by atoms with Gasteiger partial charge in [-0.15, -0.1) is 0 Å². The third-order valence-corrected chi connectivity index (χ3v) is 4.13. The zero-order chi connectivity index (χ0) is 13.0. The number of rotatable bonds is 3. The van der Waals surface area contributed by atoms with Crippen LogP contribution in [0.25, 0.3) is 0 Å². The predicted octanol–water partition coefficient (Wildman–Crippen LogP) is 4.59. The highest BCUT2D eigenvalue weighted by atomic mass is 35.5. The first-order valence-electron chi connectivity index (χ1n) is 6.69. The van der Waals surface area contributed by atoms with Crippen LogP contribution in [0.15, 0.2) is 18.2 Å². The summed E-state index contributed by atoms with van der Waals surface area (Å²) in [7, 11) is 0. The fraction of sp³-hybridized carbons (Fsp3) is 0.533. The molecule has 0 saturated heterocycles. The van der Waals surface area contributed by atoms with E-state index in [1.54, 1.807) is 6.07 Å². The molecule has 1 N–H and O–H groups in total. The Morgan fingerprint density at radius 2 is 2.28 bits per heavy atom. The Morgan fingerprint density at radius 3 is 2.94 bits per heavy atom. The summed E-state index contributed by atoms with van der Waals surface area (Å²) in [6, 6.07) is 8.22. The number of benzene rings is 1. The van der Waals surface area contributed by atoms with Gasteiger partial charge in [-0.1, -0.05) is 37.8 Å². The van der Waals surface area contributed by atoms with Gasteiger partial charge < -0.3 is 5.32 Å². The number of anilines is 1. The molecule has 0 aromatic heterocycles. The smallest absolute Gasteiger partial charge is 0.101 e. The molecule has 2 nitrogen and oxygen atoms in total. The van der Waals surface area contributed by atoms with Crippen molar-refractivity contribution < 1.29 is 0 Å². The summed E-state index contributed by atoms with van der Waals surface area (Å²) >= 11 is 6.04. The lowest BCUT2D eigenvalue weighted by molar-refractivity contribution is 0.327. The number of hydrogen-bond acceptors (Lipinski definition) is 2. The summed E-state index contributed by atoms with van der Waals surface area (Å²) in [5.74, 6) is 0.852. The largest absolute Gasteiger partial charge is 0.382 e. The van der Waals surface area contributed by atoms with Gasteiger partial charge in [0, 0.05) is 11.7 Å². The van der Waals surface area contributed by atoms with Crippen LogP contribution in [0.3, 0.4) is 0 Å². The normalized spacial score (nSPS) is 23.4. The lowest BCUT2D eigenvalue weighted by Crippen LogP contribution is -2.27. The fourth-order valence-corrected chi connectivity index (χ4v) is 2.95. The van der Waals surface area contributed by atoms with Crippen LogP contribution < -0.4 is 5.32 Å². The van der Waals surface area contributed by atoms with Gasteiger partial charge in [0.15, 0.2) is 0 Å². The summed E-state index contributed by atoms with van der Waals surface area (Å²) in [5.41, 5.74) is 1.57. The van der Waals surface area contributed by atoms with Gasteiger partial charge in [-0.3, -0.25) is 0 Å². The molecule has 2 rings (SSSR count). The lowest BCUT2D eigenvalue weighted by Gasteiger charge is -2.29. The molecule has 2 unspecified atom stereocenters. The predicted molar refractivity (Wildman–Crippen MR) is 75.8 cm³/mol. The average Bonchev–Trinajstić information content (AvgIpc) is 2.39. The summed E-state index contributed by atoms with van der Waals surface area (Å²) in [6.45, 7) is 2.27. The maximum Gasteiger partial charge on any atom is 0.101 e. The molecule has 0 spiro atoms. The Hall–Kier alpha value is -1.20. The quantitative estimate of drug-likeness (QED) is 0.865. The van der Waals surface area contributed by atoms with Gasteiger partial charge in [-0.25, -0.2) is 0 Å². The molecule has 0 heterocycles. The van der Waals surface area contributed by atoms with Crippen molar-refractivity contribution in [2.75, 3.05) is 5.32 Å². The van der Waals surface area contributed by atoms with Gasteiger partial charge in [-0.2, -0.15) is 5.26 Å². The van der Waals surface area contributed by atoms with Crippen molar-refractivity contribution in [3.8, 4) is 6.07 Å². The number of nitrogens with zero attached hydrogens (tertiary/aromatic N) is 1. The highest BCUT2D eigenvalue weighted by Crippen LogP contribution is 2.29. The van der Waals surface area contributed by atoms with Crippen molar-refractivity contribution in [3.63, 3.8) is 0 Å². The first-order valence-corrected chi connectivity index (χ1v) is 7.07. The third kappa shape index (κ3) is 3.17. The number of halogens is 1. The highest BCUT2D eigenvalue weighted by molar-refractivity contribution is 6.32. The van der Waals surface area contributed by atoms with Crippen molar-refractivity contribution in [2.24, 2.45) is 5.92 Å². The molecule has 18 heavy (non-hydrogen) atoms. The lowest BCUT2D eigenvalue weighted by atomic mass is 9.84. The molecule has 3 heteroatoms. The van der Waals surface area contributed by atoms with Crippen LogP contribution in [0, 0.1) is 17.2 Å². The van der Waals surface area contributed by atoms with Crippen molar-refractivity contribution in [1.29, 1.82) is 5.26 Å². The Morgan fingerprint density at radius 1 is 1.44 bits per heavy atom. The van der Waals surface area contributed by atoms with E-state index >= 15 is 0 Å². The monoisotopic (exact) mass is 262 g/mol. The molecule has 1 saturated carbocycles. The van der Waals surface area contributed by atoms with Crippen molar-refractivity contribution in [1.82, 2.24) is 0 Å². The maximum absolute atomic E-state index is 8.84. The summed E-state index contributed by atoms with van der Waals surface area (Å²) in [5, 5.41) is 12.9. The fourth-order valence-electron chi connectivity index (χ4n) is 2.72. The SMILES string of the molecule is CCC1CCCC(Nc2ccc(C#N)c(Cl)c2)C1. The molecule has 0 aliphatic heterocycles. The molecule has 0 bridgehead atoms. The van der Waals surface area contributed by atoms with E-state index in [2.05, 4.69) is 18.3 Å². The molecule has 0 radical (unpaired) electrons. The van der Waals surface area contributed by atoms with E-state index in [0.717, 1.165) is 11.6 Å². The summed E-state index contributed by atoms with van der Waals surface area (Å²) in [4.78, 5) is 0. The van der Waals surface area contributed by atoms with Gasteiger partial charge >= 0.3 is 0 Å². The van der Waals surface area contributed by atoms with Gasteiger partial charge in [0.1, 0.15) is 6.07 Å². The van der Waals surface area contributed by atoms with E-state index in [1.807, 2.05) is 12.1 Å². The van der Waals surface area contributed by atoms with Crippen molar-refractivity contribution in [2.45, 2.75) is 45.1 Å². The van der Waals surface area contributed by atoms with E-state index < -0.39 is 0 Å². The summed E-state index contributed by atoms with van der Waals surface area (Å²) in [6.07, 6.45) is 6.41. The van der Waals surface area contributed by atoms with Crippen LogP contribution in [-0.4, -0.2) is 6.04 Å². The second-order valence-electron chi connectivity index (χ2n) is 5.09. The molecule has 1 aliphatic carbocycles. The van der Waals surface area contributed by atoms with Crippen LogP contribution in [0.2, 0.25) is 5.02 Å². The molecular weight excluding hydrogens is 244 g/mol. The van der Waals surface area contributed by atoms with E-state index in [0.29, 0.717) is 16.6 Å². The summed E-state index contributed by atoms with van der Waals surface area (Å²) < 4.78 is 0. The molecule has 0 amide bonds. The van der Waals surface area contributed by atoms with E-state index in [9.17, 15) is 0 Å². The first-order chi connectivity index (χ1) is 8.72. The van der Waals surface area contributed by atoms with E-state index in [4.69, 9.17) is 16.9 Å². The minimum absolute atomic E-state index is 0.533. The average molecular weight is 263 g/mol. The number of nitrogens with one attached hydrogen (secondary N) is 1. The van der Waals surface area contributed by atoms with E-state index in [1.165, 1.54) is 32.1 Å². The molecule has 1 aromatic rings. The molecule has 96 valence electrons. The third-order valence-electron chi connectivity index (χ3n) is 3.82. The van der Waals surface area contributed by atoms with Crippen LogP contribution in [0.5, 0.6) is 0 Å².